The molecule has 1 aliphatic carbocycles. The summed E-state index contributed by atoms with van der Waals surface area (Å²) in [5, 5.41) is 11.1. The standard InChI is InChI=1S/C30H50N5O5.C3H4O.CHO.Sn/c1-12-14-19(22(36)25(38)31-15-13-2)33-24(37)21-20-18(30(20,10)11)16-35(21)26(39)23(29(7,8)9)34-27(40)32-17(3)28(4,5)6;1-2-3-4;1-2;/h13,17-21,23H,2-3,12,14-16H2,1,4-11H3,(H,31,38)(H,33,37)(H2,32,34,40);1-2H2;1H;/t17-,18+,19?,20+,21+,23-;;;/m1.../s1. The Bertz CT molecular complexity index is 1300. The molecule has 0 radical (unpaired) electrons. The van der Waals surface area contributed by atoms with Crippen LogP contribution in [-0.2, 0) is 28.8 Å². The molecule has 3 aliphatic rings. The molecule has 7 atom stereocenters. The van der Waals surface area contributed by atoms with E-state index in [4.69, 9.17) is 0 Å². The molecule has 2 unspecified atom stereocenters. The van der Waals surface area contributed by atoms with E-state index in [-0.39, 0.29) is 34.0 Å². The Morgan fingerprint density at radius 3 is 2.15 bits per heavy atom. The summed E-state index contributed by atoms with van der Waals surface area (Å²) >= 11 is -3.66. The number of nitrogens with one attached hydrogen (secondary N) is 4. The van der Waals surface area contributed by atoms with Crippen molar-refractivity contribution in [2.75, 3.05) is 13.1 Å². The average molecular weight is 765 g/mol. The van der Waals surface area contributed by atoms with Crippen molar-refractivity contribution < 1.29 is 33.6 Å². The van der Waals surface area contributed by atoms with Gasteiger partial charge in [-0.3, -0.25) is 9.59 Å². The van der Waals surface area contributed by atoms with Crippen LogP contribution in [0.1, 0.15) is 81.6 Å². The zero-order valence-electron chi connectivity index (χ0n) is 29.6. The maximum absolute atomic E-state index is 14.3. The van der Waals surface area contributed by atoms with Crippen molar-refractivity contribution in [3.05, 3.63) is 12.7 Å². The van der Waals surface area contributed by atoms with E-state index in [0.717, 1.165) is 4.30 Å². The van der Waals surface area contributed by atoms with Crippen LogP contribution in [0.3, 0.4) is 0 Å². The van der Waals surface area contributed by atoms with E-state index in [1.807, 2.05) is 62.3 Å². The molecule has 0 spiro atoms. The fourth-order valence-corrected chi connectivity index (χ4v) is 16.5. The van der Waals surface area contributed by atoms with Crippen LogP contribution in [0.15, 0.2) is 12.7 Å². The first-order valence-corrected chi connectivity index (χ1v) is 23.9. The quantitative estimate of drug-likeness (QED) is 0.0912. The second-order valence-corrected chi connectivity index (χ2v) is 27.8. The molecule has 13 heteroatoms. The topological polar surface area (TPSA) is 171 Å². The van der Waals surface area contributed by atoms with Gasteiger partial charge in [0.15, 0.2) is 0 Å². The molecule has 0 aromatic carbocycles. The first-order chi connectivity index (χ1) is 21.7. The molecule has 262 valence electrons. The van der Waals surface area contributed by atoms with Crippen LogP contribution < -0.4 is 21.3 Å². The number of ketones is 1. The molecule has 1 saturated carbocycles. The number of Topliss-reactive ketones (excluding diaryl/α,β-unsaturated/α-hetero) is 1. The van der Waals surface area contributed by atoms with Crippen LogP contribution in [-0.4, -0.2) is 98.2 Å². The van der Waals surface area contributed by atoms with E-state index in [9.17, 15) is 33.6 Å². The number of piperidine rings is 1. The molecule has 0 aromatic heterocycles. The predicted molar refractivity (Wildman–Crippen MR) is 181 cm³/mol. The summed E-state index contributed by atoms with van der Waals surface area (Å²) in [7, 11) is 0. The SMILES string of the molecule is C=CCNC(=O)C(=O)C(CCC)NC(=O)[C@@H]1[C@@H]2[C@H](CN1C(=O)[C@@H](NC(=O)N[C@H]([CH2][Sn]1([CH]=O)[CH2]C[C]1=O)C(C)(C)C)C(C)(C)C)C2(C)C. The minimum absolute atomic E-state index is 0.0603. The first kappa shape index (κ1) is 38.7. The first-order valence-electron chi connectivity index (χ1n) is 16.8. The molecule has 0 aromatic rings. The summed E-state index contributed by atoms with van der Waals surface area (Å²) in [6.07, 6.45) is 2.69. The molecule has 2 aliphatic heterocycles. The van der Waals surface area contributed by atoms with Gasteiger partial charge >= 0.3 is 219 Å². The van der Waals surface area contributed by atoms with E-state index in [1.165, 1.54) is 11.0 Å². The van der Waals surface area contributed by atoms with Gasteiger partial charge in [0.05, 0.1) is 0 Å². The van der Waals surface area contributed by atoms with E-state index >= 15 is 0 Å². The Hall–Kier alpha value is -2.77. The molecule has 0 bridgehead atoms. The number of carbonyl (C=O) groups is 7. The van der Waals surface area contributed by atoms with Crippen LogP contribution in [0, 0.1) is 28.1 Å². The van der Waals surface area contributed by atoms with Crippen molar-refractivity contribution in [3.63, 3.8) is 0 Å². The predicted octanol–water partition coefficient (Wildman–Crippen LogP) is 2.49. The zero-order chi connectivity index (χ0) is 35.7. The molecule has 47 heavy (non-hydrogen) atoms. The summed E-state index contributed by atoms with van der Waals surface area (Å²) < 4.78 is 2.00. The Morgan fingerprint density at radius 2 is 1.68 bits per heavy atom. The van der Waals surface area contributed by atoms with E-state index in [0.29, 0.717) is 28.3 Å². The summed E-state index contributed by atoms with van der Waals surface area (Å²) in [5.41, 5.74) is -1.39. The molecule has 2 heterocycles. The van der Waals surface area contributed by atoms with Gasteiger partial charge in [-0.25, -0.2) is 0 Å². The minimum atomic E-state index is -3.66. The van der Waals surface area contributed by atoms with E-state index in [1.54, 1.807) is 0 Å². The van der Waals surface area contributed by atoms with Gasteiger partial charge in [-0.15, -0.1) is 6.58 Å². The molecule has 12 nitrogen and oxygen atoms in total. The summed E-state index contributed by atoms with van der Waals surface area (Å²) in [6, 6.07) is -3.96. The maximum atomic E-state index is 14.3. The Morgan fingerprint density at radius 1 is 1.04 bits per heavy atom. The van der Waals surface area contributed by atoms with Crippen LogP contribution >= 0.6 is 0 Å². The van der Waals surface area contributed by atoms with Crippen molar-refractivity contribution in [3.8, 4) is 0 Å². The summed E-state index contributed by atoms with van der Waals surface area (Å²) in [5.74, 6) is -2.57. The molecular weight excluding hydrogens is 709 g/mol. The van der Waals surface area contributed by atoms with Crippen molar-refractivity contribution >= 4 is 56.0 Å². The van der Waals surface area contributed by atoms with Crippen LogP contribution in [0.4, 0.5) is 4.79 Å². The van der Waals surface area contributed by atoms with Crippen LogP contribution in [0.25, 0.3) is 0 Å². The summed E-state index contributed by atoms with van der Waals surface area (Å²) in [6.45, 7) is 21.2. The van der Waals surface area contributed by atoms with E-state index in [2.05, 4.69) is 27.8 Å². The van der Waals surface area contributed by atoms with Crippen LogP contribution in [0.5, 0.6) is 0 Å². The van der Waals surface area contributed by atoms with Crippen molar-refractivity contribution in [2.45, 2.75) is 115 Å². The van der Waals surface area contributed by atoms with Gasteiger partial charge in [0, 0.05) is 6.54 Å². The monoisotopic (exact) mass is 765 g/mol. The third-order valence-corrected chi connectivity index (χ3v) is 22.2. The average Bonchev–Trinajstić information content (AvgIpc) is 3.28. The Labute approximate surface area is 283 Å². The second-order valence-electron chi connectivity index (χ2n) is 16.3. The number of rotatable bonds is 14. The summed E-state index contributed by atoms with van der Waals surface area (Å²) in [4.78, 5) is 93.2. The normalized spacial score (nSPS) is 26.4. The number of amides is 5. The number of hydrogen-bond donors (Lipinski definition) is 4. The number of likely N-dealkylation sites (tertiary alicyclic amines) is 1. The molecule has 4 N–H and O–H groups in total. The van der Waals surface area contributed by atoms with Gasteiger partial charge in [-0.05, 0) is 6.42 Å². The third kappa shape index (κ3) is 8.28. The number of urea groups is 1. The van der Waals surface area contributed by atoms with E-state index < -0.39 is 82.9 Å². The fraction of sp³-hybridized carbons (Fsp3) is 0.735. The van der Waals surface area contributed by atoms with Gasteiger partial charge < -0.3 is 5.32 Å². The van der Waals surface area contributed by atoms with Gasteiger partial charge in [0.2, 0.25) is 5.78 Å². The Balaban J connectivity index is 1.83. The number of nitrogens with zero attached hydrogens (tertiary/aromatic N) is 1. The number of carbonyl (C=O) groups excluding carboxylic acids is 7. The van der Waals surface area contributed by atoms with Gasteiger partial charge in [0.1, 0.15) is 0 Å². The Kier molecular flexibility index (Phi) is 11.8. The number of fused-ring (bicyclic) bond motifs is 1. The molecule has 3 fully saturated rings. The van der Waals surface area contributed by atoms with Gasteiger partial charge in [0.25, 0.3) is 5.91 Å². The second kappa shape index (κ2) is 14.4. The fourth-order valence-electron chi connectivity index (χ4n) is 7.06. The van der Waals surface area contributed by atoms with Crippen molar-refractivity contribution in [1.82, 2.24) is 26.2 Å². The molecule has 2 saturated heterocycles. The van der Waals surface area contributed by atoms with Crippen molar-refractivity contribution in [2.24, 2.45) is 28.1 Å². The van der Waals surface area contributed by atoms with Crippen LogP contribution in [0.2, 0.25) is 8.87 Å². The molecule has 5 amide bonds. The number of hydrogen-bond acceptors (Lipinski definition) is 7. The van der Waals surface area contributed by atoms with Crippen molar-refractivity contribution in [1.29, 1.82) is 0 Å². The van der Waals surface area contributed by atoms with Gasteiger partial charge in [-0.1, -0.05) is 19.4 Å². The molecular formula is C34H55N5O7Sn. The zero-order valence-corrected chi connectivity index (χ0v) is 32.4. The van der Waals surface area contributed by atoms with Gasteiger partial charge in [-0.2, -0.15) is 0 Å². The molecule has 3 rings (SSSR count). The third-order valence-electron chi connectivity index (χ3n) is 10.5.